The Bertz CT molecular complexity index is 832. The average Bonchev–Trinajstić information content (AvgIpc) is 2.54. The number of ketones is 1. The summed E-state index contributed by atoms with van der Waals surface area (Å²) in [6.07, 6.45) is 3.12. The number of aryl methyl sites for hydroxylation is 2. The SMILES string of the molecule is COc1c(C)c(O)c(C)c(O)c1C(=O)C=Cc1ccc(C)cc1C. The van der Waals surface area contributed by atoms with E-state index >= 15 is 0 Å². The van der Waals surface area contributed by atoms with Crippen LogP contribution in [0.3, 0.4) is 0 Å². The predicted octanol–water partition coefficient (Wildman–Crippen LogP) is 4.24. The van der Waals surface area contributed by atoms with Crippen LogP contribution in [0.4, 0.5) is 0 Å². The molecular weight excluding hydrogens is 304 g/mol. The zero-order valence-corrected chi connectivity index (χ0v) is 14.6. The summed E-state index contributed by atoms with van der Waals surface area (Å²) >= 11 is 0. The highest BCUT2D eigenvalue weighted by molar-refractivity contribution is 6.11. The fraction of sp³-hybridized carbons (Fsp3) is 0.250. The van der Waals surface area contributed by atoms with E-state index in [1.165, 1.54) is 13.2 Å². The minimum absolute atomic E-state index is 0.0614. The van der Waals surface area contributed by atoms with Crippen molar-refractivity contribution < 1.29 is 19.7 Å². The molecule has 2 aromatic rings. The first kappa shape index (κ1) is 17.6. The molecule has 2 aromatic carbocycles. The van der Waals surface area contributed by atoms with Crippen LogP contribution in [0.1, 0.15) is 38.2 Å². The van der Waals surface area contributed by atoms with Gasteiger partial charge in [0.05, 0.1) is 7.11 Å². The van der Waals surface area contributed by atoms with E-state index in [1.54, 1.807) is 19.9 Å². The Kier molecular flexibility index (Phi) is 4.98. The van der Waals surface area contributed by atoms with Crippen LogP contribution >= 0.6 is 0 Å². The first-order chi connectivity index (χ1) is 11.3. The summed E-state index contributed by atoms with van der Waals surface area (Å²) in [5, 5.41) is 20.3. The van der Waals surface area contributed by atoms with E-state index in [-0.39, 0.29) is 34.2 Å². The molecule has 0 bridgehead atoms. The van der Waals surface area contributed by atoms with E-state index in [2.05, 4.69) is 0 Å². The Balaban J connectivity index is 2.48. The van der Waals surface area contributed by atoms with Crippen molar-refractivity contribution in [2.24, 2.45) is 0 Å². The number of aromatic hydroxyl groups is 2. The molecule has 2 N–H and O–H groups in total. The molecule has 0 saturated carbocycles. The lowest BCUT2D eigenvalue weighted by atomic mass is 9.98. The molecule has 0 unspecified atom stereocenters. The van der Waals surface area contributed by atoms with Crippen LogP contribution in [0.2, 0.25) is 0 Å². The van der Waals surface area contributed by atoms with Gasteiger partial charge in [-0.05, 0) is 44.9 Å². The molecule has 0 atom stereocenters. The molecule has 0 aliphatic carbocycles. The number of phenols is 2. The number of hydrogen-bond acceptors (Lipinski definition) is 4. The summed E-state index contributed by atoms with van der Waals surface area (Å²) in [5.74, 6) is -0.522. The van der Waals surface area contributed by atoms with Gasteiger partial charge < -0.3 is 14.9 Å². The largest absolute Gasteiger partial charge is 0.507 e. The summed E-state index contributed by atoms with van der Waals surface area (Å²) in [5.41, 5.74) is 3.90. The number of hydrogen-bond donors (Lipinski definition) is 2. The first-order valence-electron chi connectivity index (χ1n) is 7.66. The molecule has 0 saturated heterocycles. The van der Waals surface area contributed by atoms with E-state index in [0.717, 1.165) is 16.7 Å². The Labute approximate surface area is 142 Å². The van der Waals surface area contributed by atoms with E-state index in [0.29, 0.717) is 5.56 Å². The third-order valence-corrected chi connectivity index (χ3v) is 4.16. The standard InChI is InChI=1S/C20H22O4/c1-11-6-7-15(12(2)10-11)8-9-16(21)17-19(23)13(3)18(22)14(4)20(17)24-5/h6-10,22-23H,1-5H3. The number of phenolic OH excluding ortho intramolecular Hbond substituents is 2. The van der Waals surface area contributed by atoms with Crippen LogP contribution < -0.4 is 4.74 Å². The highest BCUT2D eigenvalue weighted by Gasteiger charge is 2.23. The summed E-state index contributed by atoms with van der Waals surface area (Å²) in [6, 6.07) is 5.96. The second-order valence-electron chi connectivity index (χ2n) is 5.91. The van der Waals surface area contributed by atoms with Gasteiger partial charge in [-0.15, -0.1) is 0 Å². The highest BCUT2D eigenvalue weighted by atomic mass is 16.5. The van der Waals surface area contributed by atoms with Gasteiger partial charge in [0.25, 0.3) is 0 Å². The highest BCUT2D eigenvalue weighted by Crippen LogP contribution is 2.41. The van der Waals surface area contributed by atoms with Crippen molar-refractivity contribution in [3.63, 3.8) is 0 Å². The van der Waals surface area contributed by atoms with Gasteiger partial charge in [-0.25, -0.2) is 0 Å². The fourth-order valence-corrected chi connectivity index (χ4v) is 2.73. The van der Waals surface area contributed by atoms with Crippen molar-refractivity contribution in [3.05, 3.63) is 57.7 Å². The first-order valence-corrected chi connectivity index (χ1v) is 7.66. The van der Waals surface area contributed by atoms with Crippen molar-refractivity contribution in [1.29, 1.82) is 0 Å². The van der Waals surface area contributed by atoms with E-state index in [9.17, 15) is 15.0 Å². The van der Waals surface area contributed by atoms with Gasteiger partial charge in [0.15, 0.2) is 5.78 Å². The molecule has 0 heterocycles. The van der Waals surface area contributed by atoms with Crippen molar-refractivity contribution in [3.8, 4) is 17.2 Å². The molecule has 0 aromatic heterocycles. The van der Waals surface area contributed by atoms with E-state index < -0.39 is 0 Å². The van der Waals surface area contributed by atoms with Gasteiger partial charge in [-0.2, -0.15) is 0 Å². The van der Waals surface area contributed by atoms with Gasteiger partial charge in [0.2, 0.25) is 0 Å². The van der Waals surface area contributed by atoms with E-state index in [4.69, 9.17) is 4.74 Å². The maximum Gasteiger partial charge on any atom is 0.193 e. The summed E-state index contributed by atoms with van der Waals surface area (Å²) < 4.78 is 5.23. The normalized spacial score (nSPS) is 11.0. The molecular formula is C20H22O4. The molecule has 126 valence electrons. The van der Waals surface area contributed by atoms with Gasteiger partial charge in [0, 0.05) is 11.1 Å². The predicted molar refractivity (Wildman–Crippen MR) is 95.1 cm³/mol. The van der Waals surface area contributed by atoms with E-state index in [1.807, 2.05) is 32.0 Å². The zero-order valence-electron chi connectivity index (χ0n) is 14.6. The maximum atomic E-state index is 12.6. The molecule has 0 amide bonds. The minimum atomic E-state index is -0.379. The topological polar surface area (TPSA) is 66.8 Å². The van der Waals surface area contributed by atoms with Crippen LogP contribution in [-0.2, 0) is 0 Å². The Hall–Kier alpha value is -2.75. The fourth-order valence-electron chi connectivity index (χ4n) is 2.73. The summed E-state index contributed by atoms with van der Waals surface area (Å²) in [7, 11) is 1.40. The molecule has 0 radical (unpaired) electrons. The van der Waals surface area contributed by atoms with Gasteiger partial charge >= 0.3 is 0 Å². The molecule has 0 spiro atoms. The van der Waals surface area contributed by atoms with Crippen molar-refractivity contribution in [1.82, 2.24) is 0 Å². The lowest BCUT2D eigenvalue weighted by Gasteiger charge is -2.15. The van der Waals surface area contributed by atoms with Gasteiger partial charge in [-0.3, -0.25) is 4.79 Å². The lowest BCUT2D eigenvalue weighted by Crippen LogP contribution is -2.03. The summed E-state index contributed by atoms with van der Waals surface area (Å²) in [4.78, 5) is 12.6. The monoisotopic (exact) mass is 326 g/mol. The molecule has 0 aliphatic rings. The lowest BCUT2D eigenvalue weighted by molar-refractivity contribution is 0.104. The van der Waals surface area contributed by atoms with Gasteiger partial charge in [0.1, 0.15) is 22.8 Å². The smallest absolute Gasteiger partial charge is 0.193 e. The Morgan fingerprint density at radius 1 is 1.04 bits per heavy atom. The number of rotatable bonds is 4. The number of allylic oxidation sites excluding steroid dienone is 1. The molecule has 4 heteroatoms. The number of carbonyl (C=O) groups excluding carboxylic acids is 1. The molecule has 2 rings (SSSR count). The maximum absolute atomic E-state index is 12.6. The number of carbonyl (C=O) groups is 1. The third kappa shape index (κ3) is 3.13. The van der Waals surface area contributed by atoms with Crippen molar-refractivity contribution in [2.75, 3.05) is 7.11 Å². The van der Waals surface area contributed by atoms with Crippen LogP contribution in [0.15, 0.2) is 24.3 Å². The molecule has 0 aliphatic heterocycles. The second-order valence-corrected chi connectivity index (χ2v) is 5.91. The molecule has 24 heavy (non-hydrogen) atoms. The zero-order chi connectivity index (χ0) is 18.0. The second kappa shape index (κ2) is 6.79. The third-order valence-electron chi connectivity index (χ3n) is 4.16. The van der Waals surface area contributed by atoms with Crippen LogP contribution in [0.25, 0.3) is 6.08 Å². The quantitative estimate of drug-likeness (QED) is 0.651. The Morgan fingerprint density at radius 3 is 2.29 bits per heavy atom. The summed E-state index contributed by atoms with van der Waals surface area (Å²) in [6.45, 7) is 7.19. The Morgan fingerprint density at radius 2 is 1.71 bits per heavy atom. The molecule has 0 fully saturated rings. The van der Waals surface area contributed by atoms with Crippen molar-refractivity contribution in [2.45, 2.75) is 27.7 Å². The molecule has 4 nitrogen and oxygen atoms in total. The number of methoxy groups -OCH3 is 1. The van der Waals surface area contributed by atoms with Crippen LogP contribution in [-0.4, -0.2) is 23.1 Å². The van der Waals surface area contributed by atoms with Crippen LogP contribution in [0.5, 0.6) is 17.2 Å². The minimum Gasteiger partial charge on any atom is -0.507 e. The van der Waals surface area contributed by atoms with Gasteiger partial charge in [-0.1, -0.05) is 29.8 Å². The average molecular weight is 326 g/mol. The van der Waals surface area contributed by atoms with Crippen molar-refractivity contribution >= 4 is 11.9 Å². The van der Waals surface area contributed by atoms with Crippen LogP contribution in [0, 0.1) is 27.7 Å². The number of benzene rings is 2. The number of ether oxygens (including phenoxy) is 1.